The number of Topliss-reactive ketones (excluding diaryl/α,β-unsaturated/α-hetero) is 1. The van der Waals surface area contributed by atoms with Gasteiger partial charge in [0.05, 0.1) is 25.7 Å². The number of likely N-dealkylation sites (N-methyl/N-ethyl adjacent to an activating group) is 1. The molecule has 5 rings (SSSR count). The molecule has 3 fully saturated rings. The highest BCUT2D eigenvalue weighted by atomic mass is 16.5. The van der Waals surface area contributed by atoms with E-state index in [-0.39, 0.29) is 23.1 Å². The van der Waals surface area contributed by atoms with Gasteiger partial charge in [0.25, 0.3) is 5.91 Å². The zero-order chi connectivity index (χ0) is 20.6. The molecule has 1 heterocycles. The summed E-state index contributed by atoms with van der Waals surface area (Å²) in [5.74, 6) is 0.326. The number of likely N-dealkylation sites (tertiary alicyclic amines) is 1. The summed E-state index contributed by atoms with van der Waals surface area (Å²) >= 11 is 0. The van der Waals surface area contributed by atoms with Crippen molar-refractivity contribution in [3.8, 4) is 5.75 Å². The number of amides is 1. The monoisotopic (exact) mass is 399 g/mol. The molecule has 1 aromatic rings. The Morgan fingerprint density at radius 3 is 2.76 bits per heavy atom. The number of benzene rings is 1. The normalized spacial score (nSPS) is 38.3. The number of hydrogen-bond acceptors (Lipinski definition) is 4. The summed E-state index contributed by atoms with van der Waals surface area (Å²) < 4.78 is 7.37. The number of hydrogen-bond donors (Lipinski definition) is 2. The predicted octanol–water partition coefficient (Wildman–Crippen LogP) is 2.05. The average Bonchev–Trinajstić information content (AvgIpc) is 3.48. The second-order valence-electron chi connectivity index (χ2n) is 10.1. The molecule has 6 heteroatoms. The fraction of sp³-hybridized carbons (Fsp3) is 0.652. The van der Waals surface area contributed by atoms with Crippen LogP contribution in [0.4, 0.5) is 0 Å². The fourth-order valence-corrected chi connectivity index (χ4v) is 7.13. The maximum absolute atomic E-state index is 12.7. The van der Waals surface area contributed by atoms with Gasteiger partial charge in [-0.3, -0.25) is 9.59 Å². The van der Waals surface area contributed by atoms with Crippen LogP contribution in [0.3, 0.4) is 0 Å². The lowest BCUT2D eigenvalue weighted by Gasteiger charge is -2.66. The van der Waals surface area contributed by atoms with Crippen LogP contribution in [0.5, 0.6) is 5.75 Å². The summed E-state index contributed by atoms with van der Waals surface area (Å²) in [6.45, 7) is 2.11. The highest BCUT2D eigenvalue weighted by Gasteiger charge is 2.71. The van der Waals surface area contributed by atoms with Crippen LogP contribution in [-0.2, 0) is 21.4 Å². The number of phenols is 1. The molecule has 3 aliphatic carbocycles. The molecule has 4 aliphatic rings. The molecule has 3 N–H and O–H groups in total. The topological polar surface area (TPSA) is 89.6 Å². The van der Waals surface area contributed by atoms with Crippen molar-refractivity contribution in [2.45, 2.75) is 62.0 Å². The van der Waals surface area contributed by atoms with Crippen LogP contribution in [0, 0.1) is 5.92 Å². The molecule has 2 bridgehead atoms. The van der Waals surface area contributed by atoms with Crippen LogP contribution >= 0.6 is 0 Å². The lowest BCUT2D eigenvalue weighted by molar-refractivity contribution is -0.950. The van der Waals surface area contributed by atoms with Crippen molar-refractivity contribution < 1.29 is 23.9 Å². The summed E-state index contributed by atoms with van der Waals surface area (Å²) in [5, 5.41) is 11.2. The number of carbonyl (C=O) groups excluding carboxylic acids is 2. The third-order valence-electron chi connectivity index (χ3n) is 8.58. The Kier molecular flexibility index (Phi) is 3.98. The maximum atomic E-state index is 12.7. The van der Waals surface area contributed by atoms with E-state index in [0.29, 0.717) is 19.3 Å². The summed E-state index contributed by atoms with van der Waals surface area (Å²) in [4.78, 5) is 24.7. The van der Waals surface area contributed by atoms with Crippen LogP contribution in [-0.4, -0.2) is 60.2 Å². The van der Waals surface area contributed by atoms with Gasteiger partial charge in [-0.2, -0.15) is 0 Å². The zero-order valence-electron chi connectivity index (χ0n) is 17.4. The molecule has 6 nitrogen and oxygen atoms in total. The van der Waals surface area contributed by atoms with E-state index < -0.39 is 16.9 Å². The van der Waals surface area contributed by atoms with E-state index in [1.807, 2.05) is 6.07 Å². The number of fused-ring (bicyclic) bond motifs is 1. The van der Waals surface area contributed by atoms with Gasteiger partial charge in [0, 0.05) is 49.7 Å². The molecule has 1 aliphatic heterocycles. The van der Waals surface area contributed by atoms with E-state index in [0.717, 1.165) is 47.5 Å². The number of rotatable bonds is 4. The molecular weight excluding hydrogens is 368 g/mol. The van der Waals surface area contributed by atoms with Gasteiger partial charge in [-0.1, -0.05) is 6.07 Å². The molecule has 4 atom stereocenters. The molecule has 0 aromatic heterocycles. The number of nitrogens with two attached hydrogens (primary N) is 1. The van der Waals surface area contributed by atoms with Gasteiger partial charge < -0.3 is 20.1 Å². The minimum Gasteiger partial charge on any atom is -0.507 e. The van der Waals surface area contributed by atoms with Gasteiger partial charge in [-0.15, -0.1) is 0 Å². The number of aromatic hydroxyl groups is 1. The first-order valence-corrected chi connectivity index (χ1v) is 10.8. The first-order chi connectivity index (χ1) is 13.8. The fourth-order valence-electron chi connectivity index (χ4n) is 7.13. The van der Waals surface area contributed by atoms with Gasteiger partial charge in [0.1, 0.15) is 23.2 Å². The number of quaternary nitrogens is 1. The van der Waals surface area contributed by atoms with Gasteiger partial charge in [-0.25, -0.2) is 0 Å². The van der Waals surface area contributed by atoms with Crippen LogP contribution in [0.1, 0.15) is 60.0 Å². The summed E-state index contributed by atoms with van der Waals surface area (Å²) in [5.41, 5.74) is 6.37. The van der Waals surface area contributed by atoms with Crippen molar-refractivity contribution in [2.24, 2.45) is 11.7 Å². The van der Waals surface area contributed by atoms with Gasteiger partial charge >= 0.3 is 0 Å². The Morgan fingerprint density at radius 1 is 1.34 bits per heavy atom. The minimum atomic E-state index is -0.640. The molecular formula is C23H31N2O4+. The van der Waals surface area contributed by atoms with Crippen LogP contribution < -0.4 is 5.73 Å². The first-order valence-electron chi connectivity index (χ1n) is 10.8. The van der Waals surface area contributed by atoms with Crippen molar-refractivity contribution in [3.63, 3.8) is 0 Å². The van der Waals surface area contributed by atoms with Crippen molar-refractivity contribution in [1.82, 2.24) is 0 Å². The number of carbonyl (C=O) groups is 2. The zero-order valence-corrected chi connectivity index (χ0v) is 17.4. The van der Waals surface area contributed by atoms with Crippen molar-refractivity contribution in [3.05, 3.63) is 28.8 Å². The van der Waals surface area contributed by atoms with E-state index in [4.69, 9.17) is 10.5 Å². The molecule has 1 saturated heterocycles. The number of primary amides is 1. The van der Waals surface area contributed by atoms with E-state index in [9.17, 15) is 14.7 Å². The Hall–Kier alpha value is -1.92. The predicted molar refractivity (Wildman–Crippen MR) is 108 cm³/mol. The third kappa shape index (κ3) is 2.42. The average molecular weight is 400 g/mol. The molecule has 0 spiro atoms. The SMILES string of the molecule is CO[C@@]12CCC(=O)C[C@@]13CC[N+](C)(CC1CC1)[C@@H]2Cc1ccc(C(N)=O)c(O)c13. The summed E-state index contributed by atoms with van der Waals surface area (Å²) in [7, 11) is 4.12. The highest BCUT2D eigenvalue weighted by molar-refractivity contribution is 5.96. The lowest BCUT2D eigenvalue weighted by Crippen LogP contribution is -2.79. The maximum Gasteiger partial charge on any atom is 0.252 e. The second kappa shape index (κ2) is 6.05. The van der Waals surface area contributed by atoms with E-state index in [1.54, 1.807) is 13.2 Å². The van der Waals surface area contributed by atoms with E-state index in [2.05, 4.69) is 7.05 Å². The Morgan fingerprint density at radius 2 is 2.10 bits per heavy atom. The van der Waals surface area contributed by atoms with Crippen LogP contribution in [0.25, 0.3) is 0 Å². The molecule has 29 heavy (non-hydrogen) atoms. The smallest absolute Gasteiger partial charge is 0.252 e. The summed E-state index contributed by atoms with van der Waals surface area (Å²) in [6, 6.07) is 3.81. The number of piperidine rings is 1. The van der Waals surface area contributed by atoms with Crippen LogP contribution in [0.2, 0.25) is 0 Å². The summed E-state index contributed by atoms with van der Waals surface area (Å²) in [6.07, 6.45) is 5.73. The Bertz CT molecular complexity index is 910. The quantitative estimate of drug-likeness (QED) is 0.759. The minimum absolute atomic E-state index is 0.0390. The van der Waals surface area contributed by atoms with E-state index >= 15 is 0 Å². The molecule has 1 amide bonds. The molecule has 0 radical (unpaired) electrons. The number of nitrogens with zero attached hydrogens (tertiary/aromatic N) is 1. The number of ketones is 1. The lowest BCUT2D eigenvalue weighted by atomic mass is 9.48. The molecule has 156 valence electrons. The largest absolute Gasteiger partial charge is 0.507 e. The standard InChI is InChI=1S/C23H30N2O4/c1-25(13-14-3-4-14)10-9-22-12-16(26)7-8-23(22,29-2)18(25)11-15-5-6-17(21(24)28)20(27)19(15)22/h5-6,14,18H,3-4,7-13H2,1-2H3,(H2-,24,27,28)/p+1/t18-,22-,23-,25?/m1/s1. The van der Waals surface area contributed by atoms with Gasteiger partial charge in [0.2, 0.25) is 0 Å². The van der Waals surface area contributed by atoms with E-state index in [1.165, 1.54) is 12.8 Å². The first kappa shape index (κ1) is 19.1. The Labute approximate surface area is 171 Å². The van der Waals surface area contributed by atoms with Crippen LogP contribution in [0.15, 0.2) is 12.1 Å². The number of methoxy groups -OCH3 is 1. The third-order valence-corrected chi connectivity index (χ3v) is 8.58. The second-order valence-corrected chi connectivity index (χ2v) is 10.1. The molecule has 1 unspecified atom stereocenters. The number of ether oxygens (including phenoxy) is 1. The van der Waals surface area contributed by atoms with Crippen molar-refractivity contribution in [2.75, 3.05) is 27.2 Å². The van der Waals surface area contributed by atoms with Gasteiger partial charge in [-0.05, 0) is 30.9 Å². The highest BCUT2D eigenvalue weighted by Crippen LogP contribution is 2.62. The molecule has 2 saturated carbocycles. The van der Waals surface area contributed by atoms with Crippen molar-refractivity contribution in [1.29, 1.82) is 0 Å². The molecule has 1 aromatic carbocycles. The van der Waals surface area contributed by atoms with Gasteiger partial charge in [0.15, 0.2) is 0 Å². The Balaban J connectivity index is 1.75. The van der Waals surface area contributed by atoms with Crippen molar-refractivity contribution >= 4 is 11.7 Å².